The predicted molar refractivity (Wildman–Crippen MR) is 135 cm³/mol. The number of hydrogen-bond donors (Lipinski definition) is 1. The molecule has 35 heavy (non-hydrogen) atoms. The summed E-state index contributed by atoms with van der Waals surface area (Å²) in [5.41, 5.74) is 5.91. The lowest BCUT2D eigenvalue weighted by Crippen LogP contribution is -2.48. The molecule has 0 bridgehead atoms. The zero-order valence-corrected chi connectivity index (χ0v) is 19.4. The van der Waals surface area contributed by atoms with Gasteiger partial charge in [0.15, 0.2) is 0 Å². The van der Waals surface area contributed by atoms with Crippen molar-refractivity contribution in [2.24, 2.45) is 0 Å². The number of amides is 1. The molecule has 0 aliphatic carbocycles. The maximum absolute atomic E-state index is 13.1. The van der Waals surface area contributed by atoms with E-state index < -0.39 is 5.97 Å². The summed E-state index contributed by atoms with van der Waals surface area (Å²) in [4.78, 5) is 35.7. The van der Waals surface area contributed by atoms with E-state index in [9.17, 15) is 9.59 Å². The summed E-state index contributed by atoms with van der Waals surface area (Å²) in [7, 11) is 0. The first-order chi connectivity index (χ1) is 17.1. The number of aromatic nitrogens is 2. The van der Waals surface area contributed by atoms with E-state index in [4.69, 9.17) is 15.1 Å². The molecule has 2 heterocycles. The Labute approximate surface area is 204 Å². The molecule has 0 unspecified atom stereocenters. The van der Waals surface area contributed by atoms with Gasteiger partial charge in [-0.1, -0.05) is 60.7 Å². The summed E-state index contributed by atoms with van der Waals surface area (Å²) < 4.78 is 0. The molecule has 5 rings (SSSR count). The van der Waals surface area contributed by atoms with Crippen LogP contribution in [0.1, 0.15) is 46.8 Å². The smallest absolute Gasteiger partial charge is 0.303 e. The molecule has 6 nitrogen and oxygen atoms in total. The highest BCUT2D eigenvalue weighted by molar-refractivity contribution is 5.98. The van der Waals surface area contributed by atoms with Gasteiger partial charge in [0.25, 0.3) is 5.91 Å². The first-order valence-corrected chi connectivity index (χ1v) is 12.0. The van der Waals surface area contributed by atoms with Crippen LogP contribution in [0.15, 0.2) is 78.9 Å². The van der Waals surface area contributed by atoms with Gasteiger partial charge in [-0.15, -0.1) is 0 Å². The largest absolute Gasteiger partial charge is 0.481 e. The third-order valence-electron chi connectivity index (χ3n) is 6.52. The quantitative estimate of drug-likeness (QED) is 0.356. The third-order valence-corrected chi connectivity index (χ3v) is 6.52. The SMILES string of the molecule is O=C(O)CCCCc1nc2cc(C(=O)N3CC(c4ccccc4)C3)ccc2nc1-c1ccccc1. The minimum Gasteiger partial charge on any atom is -0.481 e. The predicted octanol–water partition coefficient (Wildman–Crippen LogP) is 5.33. The minimum atomic E-state index is -0.790. The summed E-state index contributed by atoms with van der Waals surface area (Å²) >= 11 is 0. The summed E-state index contributed by atoms with van der Waals surface area (Å²) in [6.07, 6.45) is 2.06. The van der Waals surface area contributed by atoms with Gasteiger partial charge in [-0.2, -0.15) is 0 Å². The number of carbonyl (C=O) groups excluding carboxylic acids is 1. The average Bonchev–Trinajstić information content (AvgIpc) is 2.86. The van der Waals surface area contributed by atoms with E-state index in [0.717, 1.165) is 22.5 Å². The number of aryl methyl sites for hydroxylation is 1. The third kappa shape index (κ3) is 5.06. The normalized spacial score (nSPS) is 13.5. The molecule has 0 radical (unpaired) electrons. The second-order valence-electron chi connectivity index (χ2n) is 9.01. The van der Waals surface area contributed by atoms with Crippen molar-refractivity contribution in [2.75, 3.05) is 13.1 Å². The number of carboxylic acid groups (broad SMARTS) is 1. The van der Waals surface area contributed by atoms with Crippen molar-refractivity contribution in [3.63, 3.8) is 0 Å². The fraction of sp³-hybridized carbons (Fsp3) is 0.241. The molecule has 0 spiro atoms. The van der Waals surface area contributed by atoms with Gasteiger partial charge >= 0.3 is 5.97 Å². The van der Waals surface area contributed by atoms with E-state index >= 15 is 0 Å². The zero-order chi connectivity index (χ0) is 24.2. The van der Waals surface area contributed by atoms with E-state index in [1.165, 1.54) is 5.56 Å². The molecular formula is C29H27N3O3. The van der Waals surface area contributed by atoms with E-state index in [1.54, 1.807) is 0 Å². The molecule has 1 N–H and O–H groups in total. The molecule has 6 heteroatoms. The van der Waals surface area contributed by atoms with Gasteiger partial charge in [0, 0.05) is 36.6 Å². The molecule has 3 aromatic carbocycles. The second-order valence-corrected chi connectivity index (χ2v) is 9.01. The standard InChI is InChI=1S/C29H27N3O3/c33-27(34)14-8-7-13-25-28(21-11-5-2-6-12-21)31-24-16-15-22(17-26(24)30-25)29(35)32-18-23(19-32)20-9-3-1-4-10-20/h1-6,9-12,15-17,23H,7-8,13-14,18-19H2,(H,33,34). The monoisotopic (exact) mass is 465 g/mol. The van der Waals surface area contributed by atoms with Gasteiger partial charge in [-0.05, 0) is 43.0 Å². The molecule has 1 saturated heterocycles. The van der Waals surface area contributed by atoms with Crippen molar-refractivity contribution >= 4 is 22.9 Å². The highest BCUT2D eigenvalue weighted by Gasteiger charge is 2.32. The van der Waals surface area contributed by atoms with Crippen LogP contribution in [0.2, 0.25) is 0 Å². The van der Waals surface area contributed by atoms with Crippen molar-refractivity contribution in [3.05, 3.63) is 95.7 Å². The number of benzene rings is 3. The summed E-state index contributed by atoms with van der Waals surface area (Å²) in [6, 6.07) is 25.7. The van der Waals surface area contributed by atoms with Crippen molar-refractivity contribution in [3.8, 4) is 11.3 Å². The van der Waals surface area contributed by atoms with Crippen LogP contribution in [0.3, 0.4) is 0 Å². The maximum Gasteiger partial charge on any atom is 0.303 e. The van der Waals surface area contributed by atoms with Crippen molar-refractivity contribution in [1.29, 1.82) is 0 Å². The molecule has 1 fully saturated rings. The topological polar surface area (TPSA) is 83.4 Å². The molecule has 1 aliphatic heterocycles. The van der Waals surface area contributed by atoms with Crippen LogP contribution in [-0.2, 0) is 11.2 Å². The first-order valence-electron chi connectivity index (χ1n) is 12.0. The summed E-state index contributed by atoms with van der Waals surface area (Å²) in [6.45, 7) is 1.43. The fourth-order valence-electron chi connectivity index (χ4n) is 4.56. The van der Waals surface area contributed by atoms with Crippen LogP contribution in [0.25, 0.3) is 22.3 Å². The molecule has 0 saturated carbocycles. The lowest BCUT2D eigenvalue weighted by Gasteiger charge is -2.39. The number of carbonyl (C=O) groups is 2. The van der Waals surface area contributed by atoms with Crippen LogP contribution < -0.4 is 0 Å². The lowest BCUT2D eigenvalue weighted by atomic mass is 9.91. The number of likely N-dealkylation sites (tertiary alicyclic amines) is 1. The number of hydrogen-bond acceptors (Lipinski definition) is 4. The highest BCUT2D eigenvalue weighted by atomic mass is 16.4. The Morgan fingerprint density at radius 3 is 2.29 bits per heavy atom. The van der Waals surface area contributed by atoms with Crippen LogP contribution in [0.5, 0.6) is 0 Å². The first kappa shape index (κ1) is 22.7. The van der Waals surface area contributed by atoms with Crippen LogP contribution in [0.4, 0.5) is 0 Å². The van der Waals surface area contributed by atoms with Gasteiger partial charge in [0.1, 0.15) is 0 Å². The van der Waals surface area contributed by atoms with E-state index in [1.807, 2.05) is 71.6 Å². The average molecular weight is 466 g/mol. The summed E-state index contributed by atoms with van der Waals surface area (Å²) in [5.74, 6) is -0.399. The Balaban J connectivity index is 1.38. The van der Waals surface area contributed by atoms with Gasteiger partial charge in [0.2, 0.25) is 0 Å². The Hall–Kier alpha value is -4.06. The Kier molecular flexibility index (Phi) is 6.53. The summed E-state index contributed by atoms with van der Waals surface area (Å²) in [5, 5.41) is 8.95. The van der Waals surface area contributed by atoms with E-state index in [0.29, 0.717) is 49.4 Å². The van der Waals surface area contributed by atoms with Gasteiger partial charge < -0.3 is 10.0 Å². The van der Waals surface area contributed by atoms with Gasteiger partial charge in [-0.25, -0.2) is 9.97 Å². The van der Waals surface area contributed by atoms with E-state index in [2.05, 4.69) is 12.1 Å². The van der Waals surface area contributed by atoms with Crippen molar-refractivity contribution in [2.45, 2.75) is 31.6 Å². The fourth-order valence-corrected chi connectivity index (χ4v) is 4.56. The maximum atomic E-state index is 13.1. The molecule has 1 aliphatic rings. The Morgan fingerprint density at radius 2 is 1.57 bits per heavy atom. The van der Waals surface area contributed by atoms with Gasteiger partial charge in [0.05, 0.1) is 22.4 Å². The van der Waals surface area contributed by atoms with Crippen molar-refractivity contribution in [1.82, 2.24) is 14.9 Å². The molecule has 1 amide bonds. The lowest BCUT2D eigenvalue weighted by molar-refractivity contribution is -0.137. The van der Waals surface area contributed by atoms with Crippen LogP contribution in [0, 0.1) is 0 Å². The number of rotatable bonds is 8. The number of carboxylic acids is 1. The Bertz CT molecular complexity index is 1350. The molecule has 0 atom stereocenters. The molecular weight excluding hydrogens is 438 g/mol. The number of fused-ring (bicyclic) bond motifs is 1. The Morgan fingerprint density at radius 1 is 0.857 bits per heavy atom. The van der Waals surface area contributed by atoms with Crippen molar-refractivity contribution < 1.29 is 14.7 Å². The minimum absolute atomic E-state index is 0.0102. The molecule has 4 aromatic rings. The number of unbranched alkanes of at least 4 members (excludes halogenated alkanes) is 1. The molecule has 176 valence electrons. The number of aliphatic carboxylic acids is 1. The van der Waals surface area contributed by atoms with Gasteiger partial charge in [-0.3, -0.25) is 9.59 Å². The van der Waals surface area contributed by atoms with Crippen LogP contribution in [-0.4, -0.2) is 44.9 Å². The number of nitrogens with zero attached hydrogens (tertiary/aromatic N) is 3. The molecule has 1 aromatic heterocycles. The zero-order valence-electron chi connectivity index (χ0n) is 19.4. The van der Waals surface area contributed by atoms with E-state index in [-0.39, 0.29) is 12.3 Å². The second kappa shape index (κ2) is 10.1. The van der Waals surface area contributed by atoms with Crippen LogP contribution >= 0.6 is 0 Å². The highest BCUT2D eigenvalue weighted by Crippen LogP contribution is 2.29.